The van der Waals surface area contributed by atoms with Crippen molar-refractivity contribution in [3.63, 3.8) is 0 Å². The van der Waals surface area contributed by atoms with E-state index in [0.29, 0.717) is 31.0 Å². The van der Waals surface area contributed by atoms with E-state index in [-0.39, 0.29) is 35.7 Å². The maximum Gasteiger partial charge on any atom is 0.270 e. The molecule has 4 aromatic rings. The van der Waals surface area contributed by atoms with Crippen molar-refractivity contribution in [2.75, 3.05) is 24.5 Å². The van der Waals surface area contributed by atoms with Gasteiger partial charge in [-0.05, 0) is 55.7 Å². The number of amides is 2. The van der Waals surface area contributed by atoms with Gasteiger partial charge in [-0.2, -0.15) is 0 Å². The summed E-state index contributed by atoms with van der Waals surface area (Å²) in [6.45, 7) is 1.62. The third-order valence-corrected chi connectivity index (χ3v) is 8.86. The number of aromatic amines is 1. The standard InChI is InChI=1S/C35H38N6O4/c42-34-30-22-29(41(44)45)17-18-31(30)39(20-10-8-16-27-13-5-2-6-14-27)33-24-38(19-9-7-15-26-11-3-1-4-12-26)35(43)32(40(33)34)21-28-23-36-25-37-28/h1-6,11-14,17-18,22-23,25,32-33H,7-10,15-16,19-21,24H2,(H,36,37)/t32-,33?/m0/s1. The molecule has 232 valence electrons. The topological polar surface area (TPSA) is 116 Å². The van der Waals surface area contributed by atoms with Gasteiger partial charge in [-0.25, -0.2) is 4.98 Å². The Kier molecular flexibility index (Phi) is 9.19. The Balaban J connectivity index is 1.27. The molecule has 2 amide bonds. The Hall–Kier alpha value is -4.99. The number of H-pyrrole nitrogens is 1. The number of unbranched alkanes of at least 4 members (excludes halogenated alkanes) is 2. The zero-order valence-corrected chi connectivity index (χ0v) is 25.3. The predicted octanol–water partition coefficient (Wildman–Crippen LogP) is 5.41. The highest BCUT2D eigenvalue weighted by Gasteiger charge is 2.49. The molecule has 2 aliphatic rings. The van der Waals surface area contributed by atoms with Gasteiger partial charge >= 0.3 is 0 Å². The van der Waals surface area contributed by atoms with Gasteiger partial charge in [0.1, 0.15) is 12.2 Å². The van der Waals surface area contributed by atoms with Crippen LogP contribution in [0.3, 0.4) is 0 Å². The summed E-state index contributed by atoms with van der Waals surface area (Å²) in [7, 11) is 0. The van der Waals surface area contributed by atoms with Crippen LogP contribution in [0, 0.1) is 10.1 Å². The first-order chi connectivity index (χ1) is 22.0. The van der Waals surface area contributed by atoms with E-state index in [1.165, 1.54) is 23.3 Å². The molecule has 0 saturated carbocycles. The van der Waals surface area contributed by atoms with Crippen LogP contribution in [0.25, 0.3) is 0 Å². The average Bonchev–Trinajstić information content (AvgIpc) is 3.58. The van der Waals surface area contributed by atoms with Gasteiger partial charge in [0.15, 0.2) is 0 Å². The van der Waals surface area contributed by atoms with Crippen LogP contribution in [0.2, 0.25) is 0 Å². The summed E-state index contributed by atoms with van der Waals surface area (Å²) in [5.41, 5.74) is 4.04. The van der Waals surface area contributed by atoms with Crippen LogP contribution in [0.4, 0.5) is 11.4 Å². The summed E-state index contributed by atoms with van der Waals surface area (Å²) in [5, 5.41) is 11.7. The zero-order valence-electron chi connectivity index (χ0n) is 25.3. The fraction of sp³-hybridized carbons (Fsp3) is 0.343. The van der Waals surface area contributed by atoms with E-state index in [0.717, 1.165) is 38.5 Å². The number of nitrogens with one attached hydrogen (secondary N) is 1. The minimum Gasteiger partial charge on any atom is -0.351 e. The predicted molar refractivity (Wildman–Crippen MR) is 172 cm³/mol. The minimum atomic E-state index is -0.770. The number of nitro benzene ring substituents is 1. The van der Waals surface area contributed by atoms with Gasteiger partial charge in [-0.1, -0.05) is 60.7 Å². The molecule has 3 aromatic carbocycles. The number of anilines is 1. The molecule has 2 atom stereocenters. The summed E-state index contributed by atoms with van der Waals surface area (Å²) in [5.74, 6) is -0.461. The van der Waals surface area contributed by atoms with Gasteiger partial charge in [-0.3, -0.25) is 19.7 Å². The van der Waals surface area contributed by atoms with Crippen molar-refractivity contribution in [1.29, 1.82) is 0 Å². The van der Waals surface area contributed by atoms with Crippen molar-refractivity contribution in [2.45, 2.75) is 57.2 Å². The lowest BCUT2D eigenvalue weighted by Gasteiger charge is -2.53. The van der Waals surface area contributed by atoms with Gasteiger partial charge in [0.2, 0.25) is 5.91 Å². The molecule has 0 radical (unpaired) electrons. The molecule has 0 aliphatic carbocycles. The van der Waals surface area contributed by atoms with E-state index in [9.17, 15) is 19.7 Å². The molecule has 1 unspecified atom stereocenters. The summed E-state index contributed by atoms with van der Waals surface area (Å²) in [4.78, 5) is 52.5. The molecular weight excluding hydrogens is 568 g/mol. The lowest BCUT2D eigenvalue weighted by Crippen LogP contribution is -2.70. The Morgan fingerprint density at radius 3 is 2.16 bits per heavy atom. The van der Waals surface area contributed by atoms with Crippen molar-refractivity contribution < 1.29 is 14.5 Å². The number of aromatic nitrogens is 2. The van der Waals surface area contributed by atoms with Crippen molar-refractivity contribution in [2.24, 2.45) is 0 Å². The SMILES string of the molecule is O=C1[C@H](Cc2c[nH]cn2)N2C(=O)c3cc([N+](=O)[O-])ccc3N(CCCCc3ccccc3)C2CN1CCCCc1ccccc1. The highest BCUT2D eigenvalue weighted by Crippen LogP contribution is 2.38. The molecular formula is C35H38N6O4. The molecule has 1 aromatic heterocycles. The monoisotopic (exact) mass is 606 g/mol. The molecule has 1 saturated heterocycles. The molecule has 3 heterocycles. The highest BCUT2D eigenvalue weighted by molar-refractivity contribution is 6.05. The highest BCUT2D eigenvalue weighted by atomic mass is 16.6. The van der Waals surface area contributed by atoms with Crippen LogP contribution in [0.5, 0.6) is 0 Å². The number of hydrogen-bond acceptors (Lipinski definition) is 6. The zero-order chi connectivity index (χ0) is 31.2. The van der Waals surface area contributed by atoms with Crippen molar-refractivity contribution in [1.82, 2.24) is 19.8 Å². The van der Waals surface area contributed by atoms with Crippen LogP contribution in [-0.2, 0) is 24.1 Å². The Labute approximate surface area is 262 Å². The van der Waals surface area contributed by atoms with Crippen molar-refractivity contribution in [3.8, 4) is 0 Å². The number of carbonyl (C=O) groups excluding carboxylic acids is 2. The Morgan fingerprint density at radius 1 is 0.867 bits per heavy atom. The van der Waals surface area contributed by atoms with Crippen LogP contribution in [-0.4, -0.2) is 68.3 Å². The maximum absolute atomic E-state index is 14.2. The maximum atomic E-state index is 14.2. The summed E-state index contributed by atoms with van der Waals surface area (Å²) >= 11 is 0. The number of benzene rings is 3. The normalized spacial score (nSPS) is 17.7. The van der Waals surface area contributed by atoms with E-state index in [1.807, 2.05) is 41.3 Å². The number of piperazine rings is 1. The van der Waals surface area contributed by atoms with Gasteiger partial charge in [0, 0.05) is 37.8 Å². The lowest BCUT2D eigenvalue weighted by atomic mass is 9.95. The van der Waals surface area contributed by atoms with Gasteiger partial charge in [0.05, 0.1) is 34.7 Å². The molecule has 6 rings (SSSR count). The Morgan fingerprint density at radius 2 is 1.53 bits per heavy atom. The third kappa shape index (κ3) is 6.74. The fourth-order valence-electron chi connectivity index (χ4n) is 6.59. The van der Waals surface area contributed by atoms with E-state index >= 15 is 0 Å². The summed E-state index contributed by atoms with van der Waals surface area (Å²) in [6.07, 6.45) is 8.65. The third-order valence-electron chi connectivity index (χ3n) is 8.86. The van der Waals surface area contributed by atoms with Crippen molar-refractivity contribution >= 4 is 23.2 Å². The van der Waals surface area contributed by atoms with Crippen LogP contribution in [0.1, 0.15) is 52.9 Å². The Bertz CT molecular complexity index is 1610. The van der Waals surface area contributed by atoms with E-state index < -0.39 is 11.0 Å². The molecule has 10 nitrogen and oxygen atoms in total. The molecule has 0 bridgehead atoms. The summed E-state index contributed by atoms with van der Waals surface area (Å²) < 4.78 is 0. The van der Waals surface area contributed by atoms with Crippen LogP contribution < -0.4 is 4.90 Å². The molecule has 1 fully saturated rings. The van der Waals surface area contributed by atoms with Gasteiger partial charge < -0.3 is 19.7 Å². The smallest absolute Gasteiger partial charge is 0.270 e. The average molecular weight is 607 g/mol. The minimum absolute atomic E-state index is 0.111. The number of fused-ring (bicyclic) bond motifs is 2. The van der Waals surface area contributed by atoms with Gasteiger partial charge in [-0.15, -0.1) is 0 Å². The number of aryl methyl sites for hydroxylation is 2. The van der Waals surface area contributed by atoms with E-state index in [1.54, 1.807) is 23.5 Å². The number of rotatable bonds is 13. The number of nitro groups is 1. The number of imidazole rings is 1. The first-order valence-corrected chi connectivity index (χ1v) is 15.7. The largest absolute Gasteiger partial charge is 0.351 e. The lowest BCUT2D eigenvalue weighted by molar-refractivity contribution is -0.384. The van der Waals surface area contributed by atoms with E-state index in [4.69, 9.17) is 0 Å². The molecule has 45 heavy (non-hydrogen) atoms. The second-order valence-electron chi connectivity index (χ2n) is 11.8. The molecule has 1 N–H and O–H groups in total. The molecule has 0 spiro atoms. The second kappa shape index (κ2) is 13.8. The number of carbonyl (C=O) groups is 2. The molecule has 2 aliphatic heterocycles. The number of non-ortho nitro benzene ring substituents is 1. The molecule has 10 heteroatoms. The number of nitrogens with zero attached hydrogens (tertiary/aromatic N) is 5. The summed E-state index contributed by atoms with van der Waals surface area (Å²) in [6, 6.07) is 24.4. The van der Waals surface area contributed by atoms with Gasteiger partial charge in [0.25, 0.3) is 11.6 Å². The van der Waals surface area contributed by atoms with Crippen LogP contribution in [0.15, 0.2) is 91.4 Å². The van der Waals surface area contributed by atoms with E-state index in [2.05, 4.69) is 39.1 Å². The first kappa shape index (κ1) is 30.1. The second-order valence-corrected chi connectivity index (χ2v) is 11.8. The number of hydrogen-bond donors (Lipinski definition) is 1. The quantitative estimate of drug-likeness (QED) is 0.124. The first-order valence-electron chi connectivity index (χ1n) is 15.7. The van der Waals surface area contributed by atoms with Crippen molar-refractivity contribution in [3.05, 3.63) is 124 Å². The van der Waals surface area contributed by atoms with Crippen LogP contribution >= 0.6 is 0 Å². The fourth-order valence-corrected chi connectivity index (χ4v) is 6.59.